The first-order chi connectivity index (χ1) is 14.3. The number of rotatable bonds is 8. The van der Waals surface area contributed by atoms with Gasteiger partial charge in [-0.1, -0.05) is 13.3 Å². The zero-order valence-electron chi connectivity index (χ0n) is 16.9. The van der Waals surface area contributed by atoms with E-state index in [2.05, 4.69) is 10.6 Å². The molecule has 2 fully saturated rings. The summed E-state index contributed by atoms with van der Waals surface area (Å²) in [6.45, 7) is 4.22. The molecule has 3 rings (SSSR count). The molecular formula is C20H25N3O7. The SMILES string of the molecule is CCOC(=O)[C@@]1(NC(=O)[C@@H]2C[C@H](OC(=O)c3ccc([N+](=O)[O-])cc3)CN2)C[C@H]1CC. The smallest absolute Gasteiger partial charge is 0.338 e. The van der Waals surface area contributed by atoms with Crippen molar-refractivity contribution >= 4 is 23.5 Å². The number of esters is 2. The van der Waals surface area contributed by atoms with Crippen molar-refractivity contribution in [3.63, 3.8) is 0 Å². The Labute approximate surface area is 173 Å². The van der Waals surface area contributed by atoms with Crippen LogP contribution < -0.4 is 10.6 Å². The molecule has 1 heterocycles. The van der Waals surface area contributed by atoms with Gasteiger partial charge >= 0.3 is 11.9 Å². The lowest BCUT2D eigenvalue weighted by molar-refractivity contribution is -0.384. The molecule has 10 heteroatoms. The number of carbonyl (C=O) groups is 3. The van der Waals surface area contributed by atoms with Gasteiger partial charge in [0.15, 0.2) is 0 Å². The second kappa shape index (κ2) is 8.78. The molecule has 30 heavy (non-hydrogen) atoms. The predicted octanol–water partition coefficient (Wildman–Crippen LogP) is 1.33. The first kappa shape index (κ1) is 21.7. The van der Waals surface area contributed by atoms with E-state index >= 15 is 0 Å². The van der Waals surface area contributed by atoms with Gasteiger partial charge in [-0.2, -0.15) is 0 Å². The molecule has 1 aliphatic heterocycles. The van der Waals surface area contributed by atoms with Crippen molar-refractivity contribution in [2.75, 3.05) is 13.2 Å². The van der Waals surface area contributed by atoms with Gasteiger partial charge < -0.3 is 20.1 Å². The zero-order valence-corrected chi connectivity index (χ0v) is 16.9. The molecule has 0 bridgehead atoms. The van der Waals surface area contributed by atoms with E-state index < -0.39 is 34.5 Å². The molecule has 2 aliphatic rings. The van der Waals surface area contributed by atoms with Gasteiger partial charge in [-0.05, 0) is 31.4 Å². The minimum Gasteiger partial charge on any atom is -0.464 e. The summed E-state index contributed by atoms with van der Waals surface area (Å²) >= 11 is 0. The Kier molecular flexibility index (Phi) is 6.35. The van der Waals surface area contributed by atoms with E-state index in [0.29, 0.717) is 13.0 Å². The highest BCUT2D eigenvalue weighted by atomic mass is 16.6. The molecule has 0 spiro atoms. The van der Waals surface area contributed by atoms with Gasteiger partial charge in [0.1, 0.15) is 11.6 Å². The van der Waals surface area contributed by atoms with Crippen LogP contribution in [-0.4, -0.2) is 53.6 Å². The van der Waals surface area contributed by atoms with Crippen LogP contribution >= 0.6 is 0 Å². The standard InChI is InChI=1S/C20H25N3O7/c1-3-13-10-20(13,19(26)29-4-2)22-17(24)16-9-15(11-21-16)30-18(25)12-5-7-14(8-6-12)23(27)28/h5-8,13,15-16,21H,3-4,9-11H2,1-2H3,(H,22,24)/t13-,15+,16+,20-/m1/s1. The Morgan fingerprint density at radius 1 is 1.27 bits per heavy atom. The molecule has 0 aromatic heterocycles. The van der Waals surface area contributed by atoms with E-state index in [1.807, 2.05) is 6.92 Å². The van der Waals surface area contributed by atoms with E-state index in [0.717, 1.165) is 6.42 Å². The summed E-state index contributed by atoms with van der Waals surface area (Å²) in [5, 5.41) is 16.5. The van der Waals surface area contributed by atoms with Gasteiger partial charge in [-0.3, -0.25) is 14.9 Å². The summed E-state index contributed by atoms with van der Waals surface area (Å²) < 4.78 is 10.5. The number of hydrogen-bond acceptors (Lipinski definition) is 8. The monoisotopic (exact) mass is 419 g/mol. The molecular weight excluding hydrogens is 394 g/mol. The van der Waals surface area contributed by atoms with Crippen molar-refractivity contribution in [1.29, 1.82) is 0 Å². The first-order valence-corrected chi connectivity index (χ1v) is 9.98. The van der Waals surface area contributed by atoms with Gasteiger partial charge in [-0.25, -0.2) is 9.59 Å². The normalized spacial score (nSPS) is 27.2. The Morgan fingerprint density at radius 2 is 1.97 bits per heavy atom. The lowest BCUT2D eigenvalue weighted by Gasteiger charge is -2.20. The van der Waals surface area contributed by atoms with Gasteiger partial charge in [0.05, 0.1) is 23.1 Å². The molecule has 10 nitrogen and oxygen atoms in total. The van der Waals surface area contributed by atoms with Crippen molar-refractivity contribution in [2.45, 2.75) is 50.8 Å². The van der Waals surface area contributed by atoms with Crippen LogP contribution in [0.3, 0.4) is 0 Å². The van der Waals surface area contributed by atoms with Crippen LogP contribution in [0.25, 0.3) is 0 Å². The first-order valence-electron chi connectivity index (χ1n) is 9.98. The number of nitro groups is 1. The van der Waals surface area contributed by atoms with Crippen molar-refractivity contribution in [3.8, 4) is 0 Å². The van der Waals surface area contributed by atoms with Crippen LogP contribution in [0.1, 0.15) is 43.5 Å². The van der Waals surface area contributed by atoms with Crippen LogP contribution in [0.2, 0.25) is 0 Å². The fourth-order valence-electron chi connectivity index (χ4n) is 3.77. The third-order valence-corrected chi connectivity index (χ3v) is 5.58. The molecule has 1 aromatic rings. The number of carbonyl (C=O) groups excluding carboxylic acids is 3. The quantitative estimate of drug-likeness (QED) is 0.366. The molecule has 162 valence electrons. The zero-order chi connectivity index (χ0) is 21.9. The average molecular weight is 419 g/mol. The number of nitrogens with zero attached hydrogens (tertiary/aromatic N) is 1. The predicted molar refractivity (Wildman–Crippen MR) is 105 cm³/mol. The lowest BCUT2D eigenvalue weighted by atomic mass is 10.1. The largest absolute Gasteiger partial charge is 0.464 e. The molecule has 1 amide bonds. The molecule has 1 saturated carbocycles. The van der Waals surface area contributed by atoms with Crippen molar-refractivity contribution in [2.24, 2.45) is 5.92 Å². The van der Waals surface area contributed by atoms with Crippen LogP contribution in [0, 0.1) is 16.0 Å². The van der Waals surface area contributed by atoms with Crippen LogP contribution in [0.5, 0.6) is 0 Å². The number of non-ortho nitro benzene ring substituents is 1. The summed E-state index contributed by atoms with van der Waals surface area (Å²) in [4.78, 5) is 47.4. The highest BCUT2D eigenvalue weighted by molar-refractivity contribution is 5.93. The number of nitro benzene ring substituents is 1. The minimum atomic E-state index is -0.961. The molecule has 1 saturated heterocycles. The maximum absolute atomic E-state index is 12.7. The molecule has 0 unspecified atom stereocenters. The van der Waals surface area contributed by atoms with Gasteiger partial charge in [0.2, 0.25) is 5.91 Å². The summed E-state index contributed by atoms with van der Waals surface area (Å²) in [6, 6.07) is 4.52. The fourth-order valence-corrected chi connectivity index (χ4v) is 3.77. The van der Waals surface area contributed by atoms with E-state index in [1.54, 1.807) is 6.92 Å². The highest BCUT2D eigenvalue weighted by Crippen LogP contribution is 2.46. The summed E-state index contributed by atoms with van der Waals surface area (Å²) in [5.74, 6) is -1.30. The number of nitrogens with one attached hydrogen (secondary N) is 2. The van der Waals surface area contributed by atoms with Crippen LogP contribution in [0.4, 0.5) is 5.69 Å². The number of benzene rings is 1. The molecule has 1 aliphatic carbocycles. The fraction of sp³-hybridized carbons (Fsp3) is 0.550. The van der Waals surface area contributed by atoms with Crippen molar-refractivity contribution < 1.29 is 28.8 Å². The van der Waals surface area contributed by atoms with Crippen LogP contribution in [0.15, 0.2) is 24.3 Å². The number of ether oxygens (including phenoxy) is 2. The molecule has 0 radical (unpaired) electrons. The minimum absolute atomic E-state index is 0.0534. The Bertz CT molecular complexity index is 841. The van der Waals surface area contributed by atoms with E-state index in [-0.39, 0.29) is 36.1 Å². The third kappa shape index (κ3) is 4.43. The van der Waals surface area contributed by atoms with Gasteiger partial charge in [0, 0.05) is 25.1 Å². The summed E-state index contributed by atoms with van der Waals surface area (Å²) in [6.07, 6.45) is 1.05. The van der Waals surface area contributed by atoms with Gasteiger partial charge in [-0.15, -0.1) is 0 Å². The summed E-state index contributed by atoms with van der Waals surface area (Å²) in [5.41, 5.74) is -0.887. The highest BCUT2D eigenvalue weighted by Gasteiger charge is 2.61. The maximum Gasteiger partial charge on any atom is 0.338 e. The third-order valence-electron chi connectivity index (χ3n) is 5.58. The average Bonchev–Trinajstić information content (AvgIpc) is 3.25. The molecule has 4 atom stereocenters. The Hall–Kier alpha value is -3.01. The van der Waals surface area contributed by atoms with Gasteiger partial charge in [0.25, 0.3) is 5.69 Å². The van der Waals surface area contributed by atoms with E-state index in [1.165, 1.54) is 24.3 Å². The van der Waals surface area contributed by atoms with E-state index in [4.69, 9.17) is 9.47 Å². The number of hydrogen-bond donors (Lipinski definition) is 2. The lowest BCUT2D eigenvalue weighted by Crippen LogP contribution is -2.51. The van der Waals surface area contributed by atoms with E-state index in [9.17, 15) is 24.5 Å². The maximum atomic E-state index is 12.7. The Morgan fingerprint density at radius 3 is 2.53 bits per heavy atom. The van der Waals surface area contributed by atoms with Crippen molar-refractivity contribution in [3.05, 3.63) is 39.9 Å². The second-order valence-electron chi connectivity index (χ2n) is 7.52. The van der Waals surface area contributed by atoms with Crippen LogP contribution in [-0.2, 0) is 19.1 Å². The summed E-state index contributed by atoms with van der Waals surface area (Å²) in [7, 11) is 0. The molecule has 2 N–H and O–H groups in total. The Balaban J connectivity index is 1.54. The number of amides is 1. The topological polar surface area (TPSA) is 137 Å². The second-order valence-corrected chi connectivity index (χ2v) is 7.52. The molecule has 1 aromatic carbocycles. The van der Waals surface area contributed by atoms with Crippen molar-refractivity contribution in [1.82, 2.24) is 10.6 Å².